The van der Waals surface area contributed by atoms with Gasteiger partial charge in [0, 0.05) is 23.9 Å². The molecule has 3 aromatic rings. The van der Waals surface area contributed by atoms with Crippen molar-refractivity contribution in [2.24, 2.45) is 0 Å². The second-order valence-corrected chi connectivity index (χ2v) is 8.25. The Kier molecular flexibility index (Phi) is 4.98. The molecular weight excluding hydrogens is 342 g/mol. The van der Waals surface area contributed by atoms with E-state index in [1.165, 1.54) is 0 Å². The standard InChI is InChI=1S/C21H23N3OS/c1-15(26-17-9-3-2-4-10-17)21(25)24-13-7-8-16(14-24)20-22-18-11-5-6-12-19(18)23-20/h2-6,9-12,15-16H,7-8,13-14H2,1H3,(H,22,23). The number of nitrogens with one attached hydrogen (secondary N) is 1. The van der Waals surface area contributed by atoms with Gasteiger partial charge in [-0.3, -0.25) is 4.79 Å². The van der Waals surface area contributed by atoms with Crippen LogP contribution in [0.4, 0.5) is 0 Å². The fraction of sp³-hybridized carbons (Fsp3) is 0.333. The molecule has 1 aliphatic heterocycles. The number of H-pyrrole nitrogens is 1. The summed E-state index contributed by atoms with van der Waals surface area (Å²) in [6.07, 6.45) is 2.10. The molecule has 1 N–H and O–H groups in total. The molecule has 0 radical (unpaired) electrons. The summed E-state index contributed by atoms with van der Waals surface area (Å²) in [7, 11) is 0. The number of carbonyl (C=O) groups is 1. The Labute approximate surface area is 158 Å². The Hall–Kier alpha value is -2.27. The number of thioether (sulfide) groups is 1. The first-order valence-corrected chi connectivity index (χ1v) is 10.0. The normalized spacial score (nSPS) is 18.8. The van der Waals surface area contributed by atoms with Crippen molar-refractivity contribution in [1.29, 1.82) is 0 Å². The number of carbonyl (C=O) groups excluding carboxylic acids is 1. The third-order valence-electron chi connectivity index (χ3n) is 4.93. The van der Waals surface area contributed by atoms with Crippen molar-refractivity contribution in [3.63, 3.8) is 0 Å². The van der Waals surface area contributed by atoms with Gasteiger partial charge < -0.3 is 9.88 Å². The number of aromatic amines is 1. The molecule has 1 aliphatic rings. The predicted octanol–water partition coefficient (Wildman–Crippen LogP) is 4.45. The number of rotatable bonds is 4. The van der Waals surface area contributed by atoms with Crippen LogP contribution < -0.4 is 0 Å². The highest BCUT2D eigenvalue weighted by Gasteiger charge is 2.29. The van der Waals surface area contributed by atoms with E-state index in [9.17, 15) is 4.79 Å². The van der Waals surface area contributed by atoms with Crippen LogP contribution in [0.3, 0.4) is 0 Å². The van der Waals surface area contributed by atoms with Gasteiger partial charge in [-0.15, -0.1) is 11.8 Å². The molecule has 1 saturated heterocycles. The Morgan fingerprint density at radius 2 is 1.96 bits per heavy atom. The minimum Gasteiger partial charge on any atom is -0.342 e. The van der Waals surface area contributed by atoms with Crippen LogP contribution >= 0.6 is 11.8 Å². The summed E-state index contributed by atoms with van der Waals surface area (Å²) >= 11 is 1.63. The lowest BCUT2D eigenvalue weighted by molar-refractivity contribution is -0.131. The molecule has 2 atom stereocenters. The molecule has 134 valence electrons. The molecule has 4 nitrogen and oxygen atoms in total. The molecule has 4 rings (SSSR count). The number of piperidine rings is 1. The molecule has 2 aromatic carbocycles. The fourth-order valence-electron chi connectivity index (χ4n) is 3.58. The van der Waals surface area contributed by atoms with E-state index in [2.05, 4.69) is 23.2 Å². The summed E-state index contributed by atoms with van der Waals surface area (Å²) in [5.41, 5.74) is 2.07. The van der Waals surface area contributed by atoms with Gasteiger partial charge in [0.25, 0.3) is 0 Å². The maximum atomic E-state index is 12.9. The zero-order chi connectivity index (χ0) is 17.9. The number of fused-ring (bicyclic) bond motifs is 1. The average Bonchev–Trinajstić information content (AvgIpc) is 3.12. The molecule has 1 aromatic heterocycles. The molecule has 0 spiro atoms. The van der Waals surface area contributed by atoms with Gasteiger partial charge in [0.2, 0.25) is 5.91 Å². The van der Waals surface area contributed by atoms with Crippen LogP contribution in [0.15, 0.2) is 59.5 Å². The number of nitrogens with zero attached hydrogens (tertiary/aromatic N) is 2. The molecular formula is C21H23N3OS. The van der Waals surface area contributed by atoms with E-state index in [0.29, 0.717) is 0 Å². The molecule has 1 fully saturated rings. The number of hydrogen-bond acceptors (Lipinski definition) is 3. The summed E-state index contributed by atoms with van der Waals surface area (Å²) < 4.78 is 0. The van der Waals surface area contributed by atoms with Crippen LogP contribution in [0.5, 0.6) is 0 Å². The first-order chi connectivity index (χ1) is 12.7. The van der Waals surface area contributed by atoms with Gasteiger partial charge in [0.05, 0.1) is 16.3 Å². The number of para-hydroxylation sites is 2. The molecule has 2 heterocycles. The maximum absolute atomic E-state index is 12.9. The third-order valence-corrected chi connectivity index (χ3v) is 6.03. The zero-order valence-electron chi connectivity index (χ0n) is 14.9. The summed E-state index contributed by atoms with van der Waals surface area (Å²) in [4.78, 5) is 24.3. The second kappa shape index (κ2) is 7.54. The Morgan fingerprint density at radius 1 is 1.19 bits per heavy atom. The van der Waals surface area contributed by atoms with Gasteiger partial charge in [-0.2, -0.15) is 0 Å². The largest absolute Gasteiger partial charge is 0.342 e. The van der Waals surface area contributed by atoms with Crippen LogP contribution in [0, 0.1) is 0 Å². The summed E-state index contributed by atoms with van der Waals surface area (Å²) in [5, 5.41) is -0.0770. The topological polar surface area (TPSA) is 49.0 Å². The van der Waals surface area contributed by atoms with Crippen molar-refractivity contribution in [3.8, 4) is 0 Å². The van der Waals surface area contributed by atoms with Gasteiger partial charge >= 0.3 is 0 Å². The fourth-order valence-corrected chi connectivity index (χ4v) is 4.55. The molecule has 0 aliphatic carbocycles. The smallest absolute Gasteiger partial charge is 0.235 e. The van der Waals surface area contributed by atoms with Crippen molar-refractivity contribution in [3.05, 3.63) is 60.4 Å². The Morgan fingerprint density at radius 3 is 2.77 bits per heavy atom. The third kappa shape index (κ3) is 3.63. The highest BCUT2D eigenvalue weighted by Crippen LogP contribution is 2.29. The van der Waals surface area contributed by atoms with Crippen LogP contribution in [0.25, 0.3) is 11.0 Å². The number of amides is 1. The molecule has 2 unspecified atom stereocenters. The van der Waals surface area contributed by atoms with Crippen molar-refractivity contribution in [1.82, 2.24) is 14.9 Å². The number of benzene rings is 2. The quantitative estimate of drug-likeness (QED) is 0.695. The van der Waals surface area contributed by atoms with Crippen molar-refractivity contribution in [2.45, 2.75) is 35.8 Å². The number of hydrogen-bond donors (Lipinski definition) is 1. The molecule has 5 heteroatoms. The number of likely N-dealkylation sites (tertiary alicyclic amines) is 1. The minimum atomic E-state index is -0.0770. The van der Waals surface area contributed by atoms with Crippen LogP contribution in [-0.2, 0) is 4.79 Å². The Bertz CT molecular complexity index is 859. The molecule has 0 bridgehead atoms. The number of aromatic nitrogens is 2. The van der Waals surface area contributed by atoms with E-state index in [1.807, 2.05) is 48.2 Å². The molecule has 0 saturated carbocycles. The van der Waals surface area contributed by atoms with Gasteiger partial charge in [0.1, 0.15) is 5.82 Å². The minimum absolute atomic E-state index is 0.0770. The first-order valence-electron chi connectivity index (χ1n) is 9.16. The SMILES string of the molecule is CC(Sc1ccccc1)C(=O)N1CCCC(c2nc3ccccc3[nH]2)C1. The van der Waals surface area contributed by atoms with Gasteiger partial charge in [-0.05, 0) is 44.0 Å². The second-order valence-electron chi connectivity index (χ2n) is 6.84. The van der Waals surface area contributed by atoms with Crippen LogP contribution in [0.2, 0.25) is 0 Å². The summed E-state index contributed by atoms with van der Waals surface area (Å²) in [6, 6.07) is 18.2. The van der Waals surface area contributed by atoms with Gasteiger partial charge in [0.15, 0.2) is 0 Å². The lowest BCUT2D eigenvalue weighted by Crippen LogP contribution is -2.42. The van der Waals surface area contributed by atoms with Crippen molar-refractivity contribution >= 4 is 28.7 Å². The summed E-state index contributed by atoms with van der Waals surface area (Å²) in [5.74, 6) is 1.51. The van der Waals surface area contributed by atoms with E-state index in [0.717, 1.165) is 47.7 Å². The van der Waals surface area contributed by atoms with Gasteiger partial charge in [-0.25, -0.2) is 4.98 Å². The Balaban J connectivity index is 1.44. The van der Waals surface area contributed by atoms with E-state index < -0.39 is 0 Å². The van der Waals surface area contributed by atoms with Crippen molar-refractivity contribution < 1.29 is 4.79 Å². The van der Waals surface area contributed by atoms with E-state index in [4.69, 9.17) is 4.98 Å². The molecule has 26 heavy (non-hydrogen) atoms. The lowest BCUT2D eigenvalue weighted by atomic mass is 9.97. The highest BCUT2D eigenvalue weighted by atomic mass is 32.2. The highest BCUT2D eigenvalue weighted by molar-refractivity contribution is 8.00. The maximum Gasteiger partial charge on any atom is 0.235 e. The molecule has 1 amide bonds. The predicted molar refractivity (Wildman–Crippen MR) is 106 cm³/mol. The summed E-state index contributed by atoms with van der Waals surface area (Å²) in [6.45, 7) is 3.60. The average molecular weight is 366 g/mol. The monoisotopic (exact) mass is 365 g/mol. The van der Waals surface area contributed by atoms with Crippen LogP contribution in [-0.4, -0.2) is 39.1 Å². The zero-order valence-corrected chi connectivity index (χ0v) is 15.7. The van der Waals surface area contributed by atoms with E-state index in [1.54, 1.807) is 11.8 Å². The van der Waals surface area contributed by atoms with Gasteiger partial charge in [-0.1, -0.05) is 30.3 Å². The van der Waals surface area contributed by atoms with E-state index in [-0.39, 0.29) is 17.1 Å². The number of imidazole rings is 1. The van der Waals surface area contributed by atoms with Crippen LogP contribution in [0.1, 0.15) is 31.5 Å². The van der Waals surface area contributed by atoms with E-state index >= 15 is 0 Å². The lowest BCUT2D eigenvalue weighted by Gasteiger charge is -2.33. The van der Waals surface area contributed by atoms with Crippen molar-refractivity contribution in [2.75, 3.05) is 13.1 Å². The first kappa shape index (κ1) is 17.2.